The molecule has 0 atom stereocenters. The van der Waals surface area contributed by atoms with Crippen molar-refractivity contribution >= 4 is 11.9 Å². The molecule has 1 aromatic rings. The van der Waals surface area contributed by atoms with Crippen LogP contribution in [0.1, 0.15) is 41.3 Å². The number of fused-ring (bicyclic) bond motifs is 1. The second kappa shape index (κ2) is 4.57. The number of aromatic nitrogens is 2. The predicted octanol–water partition coefficient (Wildman–Crippen LogP) is 0.935. The van der Waals surface area contributed by atoms with E-state index in [1.165, 1.54) is 0 Å². The molecule has 0 aliphatic carbocycles. The summed E-state index contributed by atoms with van der Waals surface area (Å²) in [7, 11) is 0. The van der Waals surface area contributed by atoms with E-state index in [1.54, 1.807) is 0 Å². The van der Waals surface area contributed by atoms with Crippen molar-refractivity contribution in [2.75, 3.05) is 0 Å². The van der Waals surface area contributed by atoms with E-state index in [-0.39, 0.29) is 18.5 Å². The molecule has 0 saturated carbocycles. The third-order valence-corrected chi connectivity index (χ3v) is 2.96. The molecule has 0 unspecified atom stereocenters. The molecule has 0 spiro atoms. The zero-order valence-electron chi connectivity index (χ0n) is 9.35. The van der Waals surface area contributed by atoms with Gasteiger partial charge in [-0.1, -0.05) is 0 Å². The highest BCUT2D eigenvalue weighted by molar-refractivity contribution is 5.87. The van der Waals surface area contributed by atoms with Gasteiger partial charge in [-0.2, -0.15) is 0 Å². The van der Waals surface area contributed by atoms with Gasteiger partial charge in [-0.15, -0.1) is 0 Å². The molecule has 1 aliphatic heterocycles. The van der Waals surface area contributed by atoms with Crippen LogP contribution in [0.15, 0.2) is 0 Å². The highest BCUT2D eigenvalue weighted by Crippen LogP contribution is 2.21. The topological polar surface area (TPSA) is 92.4 Å². The maximum absolute atomic E-state index is 11.0. The first-order chi connectivity index (χ1) is 8.09. The summed E-state index contributed by atoms with van der Waals surface area (Å²) >= 11 is 0. The molecule has 0 aromatic carbocycles. The van der Waals surface area contributed by atoms with Crippen LogP contribution in [-0.4, -0.2) is 31.7 Å². The van der Waals surface area contributed by atoms with Gasteiger partial charge in [0.1, 0.15) is 5.82 Å². The average Bonchev–Trinajstić information content (AvgIpc) is 2.65. The monoisotopic (exact) mass is 238 g/mol. The number of hydrogen-bond donors (Lipinski definition) is 2. The quantitative estimate of drug-likeness (QED) is 0.814. The fraction of sp³-hybridized carbons (Fsp3) is 0.545. The highest BCUT2D eigenvalue weighted by Gasteiger charge is 2.23. The van der Waals surface area contributed by atoms with Crippen LogP contribution < -0.4 is 0 Å². The van der Waals surface area contributed by atoms with E-state index < -0.39 is 11.9 Å². The smallest absolute Gasteiger partial charge is 0.356 e. The number of carboxylic acids is 2. The zero-order valence-corrected chi connectivity index (χ0v) is 9.35. The van der Waals surface area contributed by atoms with E-state index in [1.807, 2.05) is 4.57 Å². The second-order valence-corrected chi connectivity index (χ2v) is 4.13. The van der Waals surface area contributed by atoms with Crippen LogP contribution in [0.25, 0.3) is 0 Å². The number of carboxylic acid groups (broad SMARTS) is 2. The minimum absolute atomic E-state index is 0.0183. The van der Waals surface area contributed by atoms with Crippen LogP contribution in [0, 0.1) is 0 Å². The van der Waals surface area contributed by atoms with Gasteiger partial charge in [0.15, 0.2) is 5.69 Å². The van der Waals surface area contributed by atoms with E-state index in [9.17, 15) is 9.59 Å². The Morgan fingerprint density at radius 3 is 2.71 bits per heavy atom. The fourth-order valence-electron chi connectivity index (χ4n) is 2.20. The highest BCUT2D eigenvalue weighted by atomic mass is 16.4. The summed E-state index contributed by atoms with van der Waals surface area (Å²) < 4.78 is 1.87. The Morgan fingerprint density at radius 2 is 2.06 bits per heavy atom. The molecule has 2 heterocycles. The Bertz CT molecular complexity index is 464. The summed E-state index contributed by atoms with van der Waals surface area (Å²) in [6, 6.07) is 0. The van der Waals surface area contributed by atoms with Crippen molar-refractivity contribution in [3.05, 3.63) is 17.2 Å². The molecule has 0 amide bonds. The van der Waals surface area contributed by atoms with Crippen molar-refractivity contribution in [3.63, 3.8) is 0 Å². The van der Waals surface area contributed by atoms with Crippen LogP contribution in [0.2, 0.25) is 0 Å². The number of aromatic carboxylic acids is 1. The summed E-state index contributed by atoms with van der Waals surface area (Å²) in [4.78, 5) is 25.6. The molecule has 0 fully saturated rings. The SMILES string of the molecule is O=C(O)CCc1nc(C(=O)O)c2n1CCCC2. The van der Waals surface area contributed by atoms with E-state index in [0.717, 1.165) is 25.1 Å². The lowest BCUT2D eigenvalue weighted by atomic mass is 10.1. The average molecular weight is 238 g/mol. The Hall–Kier alpha value is -1.85. The summed E-state index contributed by atoms with van der Waals surface area (Å²) in [5.41, 5.74) is 0.828. The number of aryl methyl sites for hydroxylation is 1. The molecule has 92 valence electrons. The molecule has 0 saturated heterocycles. The molecule has 17 heavy (non-hydrogen) atoms. The van der Waals surface area contributed by atoms with Crippen molar-refractivity contribution in [3.8, 4) is 0 Å². The summed E-state index contributed by atoms with van der Waals surface area (Å²) in [5, 5.41) is 17.7. The van der Waals surface area contributed by atoms with Crippen molar-refractivity contribution < 1.29 is 19.8 Å². The number of aliphatic carboxylic acids is 1. The van der Waals surface area contributed by atoms with Crippen molar-refractivity contribution in [2.45, 2.75) is 38.6 Å². The Labute approximate surface area is 97.9 Å². The lowest BCUT2D eigenvalue weighted by Crippen LogP contribution is -2.15. The van der Waals surface area contributed by atoms with E-state index in [4.69, 9.17) is 10.2 Å². The number of nitrogens with zero attached hydrogens (tertiary/aromatic N) is 2. The van der Waals surface area contributed by atoms with Crippen LogP contribution >= 0.6 is 0 Å². The largest absolute Gasteiger partial charge is 0.481 e. The molecule has 6 nitrogen and oxygen atoms in total. The van der Waals surface area contributed by atoms with Gasteiger partial charge in [0, 0.05) is 13.0 Å². The summed E-state index contributed by atoms with van der Waals surface area (Å²) in [6.45, 7) is 0.741. The van der Waals surface area contributed by atoms with Gasteiger partial charge >= 0.3 is 11.9 Å². The van der Waals surface area contributed by atoms with E-state index in [2.05, 4.69) is 4.98 Å². The Kier molecular flexibility index (Phi) is 3.12. The fourth-order valence-corrected chi connectivity index (χ4v) is 2.20. The molecule has 0 bridgehead atoms. The van der Waals surface area contributed by atoms with E-state index in [0.29, 0.717) is 12.2 Å². The molecule has 1 aliphatic rings. The maximum Gasteiger partial charge on any atom is 0.356 e. The van der Waals surface area contributed by atoms with Crippen LogP contribution in [0.5, 0.6) is 0 Å². The molecule has 2 N–H and O–H groups in total. The second-order valence-electron chi connectivity index (χ2n) is 4.13. The Balaban J connectivity index is 2.32. The Morgan fingerprint density at radius 1 is 1.29 bits per heavy atom. The third kappa shape index (κ3) is 2.30. The number of imidazole rings is 1. The molecular weight excluding hydrogens is 224 g/mol. The number of carbonyl (C=O) groups is 2. The molecular formula is C11H14N2O4. The lowest BCUT2D eigenvalue weighted by molar-refractivity contribution is -0.137. The van der Waals surface area contributed by atoms with Crippen LogP contribution in [0.3, 0.4) is 0 Å². The first-order valence-corrected chi connectivity index (χ1v) is 5.63. The molecule has 0 radical (unpaired) electrons. The lowest BCUT2D eigenvalue weighted by Gasteiger charge is -2.16. The summed E-state index contributed by atoms with van der Waals surface area (Å²) in [5.74, 6) is -1.34. The van der Waals surface area contributed by atoms with E-state index >= 15 is 0 Å². The van der Waals surface area contributed by atoms with Gasteiger partial charge in [0.05, 0.1) is 12.1 Å². The van der Waals surface area contributed by atoms with Gasteiger partial charge < -0.3 is 14.8 Å². The van der Waals surface area contributed by atoms with Crippen LogP contribution in [-0.2, 0) is 24.2 Å². The molecule has 2 rings (SSSR count). The molecule has 1 aromatic heterocycles. The zero-order chi connectivity index (χ0) is 12.4. The van der Waals surface area contributed by atoms with Crippen molar-refractivity contribution in [2.24, 2.45) is 0 Å². The first kappa shape index (κ1) is 11.6. The van der Waals surface area contributed by atoms with Gasteiger partial charge in [0.2, 0.25) is 0 Å². The minimum atomic E-state index is -1.03. The van der Waals surface area contributed by atoms with Crippen molar-refractivity contribution in [1.82, 2.24) is 9.55 Å². The normalized spacial score (nSPS) is 14.4. The minimum Gasteiger partial charge on any atom is -0.481 e. The van der Waals surface area contributed by atoms with Gasteiger partial charge in [-0.3, -0.25) is 4.79 Å². The standard InChI is InChI=1S/C11H14N2O4/c14-9(15)5-4-8-12-10(11(16)17)7-3-1-2-6-13(7)8/h1-6H2,(H,14,15)(H,16,17). The predicted molar refractivity (Wildman–Crippen MR) is 58.1 cm³/mol. The number of hydrogen-bond acceptors (Lipinski definition) is 3. The van der Waals surface area contributed by atoms with Gasteiger partial charge in [-0.25, -0.2) is 9.78 Å². The number of rotatable bonds is 4. The third-order valence-electron chi connectivity index (χ3n) is 2.96. The van der Waals surface area contributed by atoms with Gasteiger partial charge in [0.25, 0.3) is 0 Å². The van der Waals surface area contributed by atoms with Crippen LogP contribution in [0.4, 0.5) is 0 Å². The van der Waals surface area contributed by atoms with Crippen molar-refractivity contribution in [1.29, 1.82) is 0 Å². The first-order valence-electron chi connectivity index (χ1n) is 5.63. The maximum atomic E-state index is 11.0. The summed E-state index contributed by atoms with van der Waals surface area (Å²) in [6.07, 6.45) is 2.93. The van der Waals surface area contributed by atoms with Gasteiger partial charge in [-0.05, 0) is 19.3 Å². The molecule has 6 heteroatoms.